The topological polar surface area (TPSA) is 58.4 Å². The van der Waals surface area contributed by atoms with Crippen molar-refractivity contribution in [3.8, 4) is 0 Å². The molecule has 1 aromatic carbocycles. The zero-order chi connectivity index (χ0) is 17.1. The Kier molecular flexibility index (Phi) is 4.62. The maximum atomic E-state index is 12.4. The van der Waals surface area contributed by atoms with Gasteiger partial charge in [-0.05, 0) is 50.8 Å². The van der Waals surface area contributed by atoms with Crippen LogP contribution in [0.25, 0.3) is 11.0 Å². The second-order valence-electron chi connectivity index (χ2n) is 6.19. The maximum absolute atomic E-state index is 12.4. The summed E-state index contributed by atoms with van der Waals surface area (Å²) < 4.78 is 5.77. The van der Waals surface area contributed by atoms with Crippen LogP contribution in [-0.2, 0) is 6.54 Å². The third-order valence-corrected chi connectivity index (χ3v) is 3.82. The molecule has 3 aromatic rings. The van der Waals surface area contributed by atoms with E-state index in [0.717, 1.165) is 23.3 Å². The monoisotopic (exact) mass is 323 g/mol. The highest BCUT2D eigenvalue weighted by Gasteiger charge is 2.15. The zero-order valence-corrected chi connectivity index (χ0v) is 14.1. The van der Waals surface area contributed by atoms with Gasteiger partial charge in [-0.1, -0.05) is 12.1 Å². The molecule has 5 heteroatoms. The Morgan fingerprint density at radius 3 is 2.67 bits per heavy atom. The van der Waals surface area contributed by atoms with Crippen molar-refractivity contribution in [2.45, 2.75) is 19.5 Å². The molecule has 2 heterocycles. The van der Waals surface area contributed by atoms with Crippen LogP contribution in [0.5, 0.6) is 0 Å². The standard InChI is InChI=1S/C19H21N3O2/c1-13(18-10-16-11-20-9-8-17(16)24-18)21-19(23)15-6-4-14(5-7-15)12-22(2)3/h4-11,13H,12H2,1-3H3,(H,21,23). The van der Waals surface area contributed by atoms with Gasteiger partial charge in [-0.15, -0.1) is 0 Å². The van der Waals surface area contributed by atoms with Crippen molar-refractivity contribution in [2.75, 3.05) is 14.1 Å². The molecule has 24 heavy (non-hydrogen) atoms. The number of pyridine rings is 1. The minimum Gasteiger partial charge on any atom is -0.459 e. The van der Waals surface area contributed by atoms with Crippen molar-refractivity contribution < 1.29 is 9.21 Å². The van der Waals surface area contributed by atoms with Crippen LogP contribution in [-0.4, -0.2) is 29.9 Å². The highest BCUT2D eigenvalue weighted by atomic mass is 16.3. The fraction of sp³-hybridized carbons (Fsp3) is 0.263. The van der Waals surface area contributed by atoms with Crippen LogP contribution in [0.4, 0.5) is 0 Å². The van der Waals surface area contributed by atoms with Gasteiger partial charge in [0.25, 0.3) is 5.91 Å². The summed E-state index contributed by atoms with van der Waals surface area (Å²) in [6.45, 7) is 2.76. The SMILES string of the molecule is CC(NC(=O)c1ccc(CN(C)C)cc1)c1cc2cnccc2o1. The summed E-state index contributed by atoms with van der Waals surface area (Å²) in [5.74, 6) is 0.605. The summed E-state index contributed by atoms with van der Waals surface area (Å²) in [5.41, 5.74) is 2.59. The first-order chi connectivity index (χ1) is 11.5. The number of amides is 1. The van der Waals surface area contributed by atoms with Gasteiger partial charge >= 0.3 is 0 Å². The van der Waals surface area contributed by atoms with E-state index in [0.29, 0.717) is 5.56 Å². The Morgan fingerprint density at radius 2 is 2.00 bits per heavy atom. The van der Waals surface area contributed by atoms with Crippen molar-refractivity contribution in [1.29, 1.82) is 0 Å². The van der Waals surface area contributed by atoms with Gasteiger partial charge in [0.2, 0.25) is 0 Å². The van der Waals surface area contributed by atoms with Crippen molar-refractivity contribution >= 4 is 16.9 Å². The average Bonchev–Trinajstić information content (AvgIpc) is 2.99. The molecule has 1 unspecified atom stereocenters. The van der Waals surface area contributed by atoms with Crippen LogP contribution >= 0.6 is 0 Å². The number of aromatic nitrogens is 1. The number of hydrogen-bond acceptors (Lipinski definition) is 4. The molecule has 1 N–H and O–H groups in total. The molecule has 1 amide bonds. The number of carbonyl (C=O) groups excluding carboxylic acids is 1. The lowest BCUT2D eigenvalue weighted by Crippen LogP contribution is -2.26. The first kappa shape index (κ1) is 16.2. The molecule has 1 atom stereocenters. The number of carbonyl (C=O) groups is 1. The molecule has 124 valence electrons. The lowest BCUT2D eigenvalue weighted by Gasteiger charge is -2.13. The second-order valence-corrected chi connectivity index (χ2v) is 6.19. The molecule has 0 bridgehead atoms. The number of fused-ring (bicyclic) bond motifs is 1. The predicted molar refractivity (Wildman–Crippen MR) is 93.7 cm³/mol. The first-order valence-electron chi connectivity index (χ1n) is 7.91. The molecule has 2 aromatic heterocycles. The highest BCUT2D eigenvalue weighted by Crippen LogP contribution is 2.23. The van der Waals surface area contributed by atoms with Gasteiger partial charge in [-0.2, -0.15) is 0 Å². The quantitative estimate of drug-likeness (QED) is 0.782. The highest BCUT2D eigenvalue weighted by molar-refractivity contribution is 5.94. The van der Waals surface area contributed by atoms with Crippen LogP contribution in [0, 0.1) is 0 Å². The average molecular weight is 323 g/mol. The normalized spacial score (nSPS) is 12.5. The van der Waals surface area contributed by atoms with Crippen LogP contribution in [0.3, 0.4) is 0 Å². The number of hydrogen-bond donors (Lipinski definition) is 1. The van der Waals surface area contributed by atoms with E-state index in [1.165, 1.54) is 5.56 Å². The Bertz CT molecular complexity index is 804. The Balaban J connectivity index is 1.69. The molecule has 0 fully saturated rings. The molecule has 0 spiro atoms. The third-order valence-electron chi connectivity index (χ3n) is 3.82. The number of nitrogens with zero attached hydrogens (tertiary/aromatic N) is 2. The summed E-state index contributed by atoms with van der Waals surface area (Å²) in [5, 5.41) is 3.90. The molecular weight excluding hydrogens is 302 g/mol. The van der Waals surface area contributed by atoms with E-state index in [9.17, 15) is 4.79 Å². The molecule has 3 rings (SSSR count). The van der Waals surface area contributed by atoms with Crippen molar-refractivity contribution in [3.05, 3.63) is 65.7 Å². The van der Waals surface area contributed by atoms with Crippen LogP contribution in [0.1, 0.15) is 34.6 Å². The first-order valence-corrected chi connectivity index (χ1v) is 7.91. The van der Waals surface area contributed by atoms with Crippen molar-refractivity contribution in [2.24, 2.45) is 0 Å². The Morgan fingerprint density at radius 1 is 1.25 bits per heavy atom. The minimum absolute atomic E-state index is 0.113. The zero-order valence-electron chi connectivity index (χ0n) is 14.1. The minimum atomic E-state index is -0.216. The van der Waals surface area contributed by atoms with Gasteiger partial charge in [0.1, 0.15) is 11.3 Å². The summed E-state index contributed by atoms with van der Waals surface area (Å²) in [7, 11) is 4.04. The molecule has 0 saturated carbocycles. The van der Waals surface area contributed by atoms with E-state index >= 15 is 0 Å². The van der Waals surface area contributed by atoms with E-state index in [1.54, 1.807) is 12.4 Å². The predicted octanol–water partition coefficient (Wildman–Crippen LogP) is 3.38. The van der Waals surface area contributed by atoms with Gasteiger partial charge in [0.05, 0.1) is 6.04 Å². The second kappa shape index (κ2) is 6.84. The van der Waals surface area contributed by atoms with E-state index in [4.69, 9.17) is 4.42 Å². The Hall–Kier alpha value is -2.66. The maximum Gasteiger partial charge on any atom is 0.251 e. The molecular formula is C19H21N3O2. The van der Waals surface area contributed by atoms with E-state index in [2.05, 4.69) is 15.2 Å². The molecule has 5 nitrogen and oxygen atoms in total. The van der Waals surface area contributed by atoms with E-state index in [-0.39, 0.29) is 11.9 Å². The van der Waals surface area contributed by atoms with Gasteiger partial charge in [-0.25, -0.2) is 0 Å². The number of benzene rings is 1. The fourth-order valence-electron chi connectivity index (χ4n) is 2.60. The van der Waals surface area contributed by atoms with E-state index < -0.39 is 0 Å². The lowest BCUT2D eigenvalue weighted by molar-refractivity contribution is 0.0935. The molecule has 0 aliphatic carbocycles. The third kappa shape index (κ3) is 3.63. The lowest BCUT2D eigenvalue weighted by atomic mass is 10.1. The van der Waals surface area contributed by atoms with Crippen molar-refractivity contribution in [1.82, 2.24) is 15.2 Å². The molecule has 0 saturated heterocycles. The summed E-state index contributed by atoms with van der Waals surface area (Å²) >= 11 is 0. The number of rotatable bonds is 5. The van der Waals surface area contributed by atoms with Gasteiger partial charge < -0.3 is 14.6 Å². The fourth-order valence-corrected chi connectivity index (χ4v) is 2.60. The van der Waals surface area contributed by atoms with Crippen LogP contribution in [0.2, 0.25) is 0 Å². The number of furan rings is 1. The van der Waals surface area contributed by atoms with Crippen LogP contribution in [0.15, 0.2) is 53.2 Å². The van der Waals surface area contributed by atoms with Gasteiger partial charge in [0.15, 0.2) is 0 Å². The van der Waals surface area contributed by atoms with Gasteiger partial charge in [0, 0.05) is 29.9 Å². The largest absolute Gasteiger partial charge is 0.459 e. The molecule has 0 radical (unpaired) electrons. The molecule has 0 aliphatic rings. The van der Waals surface area contributed by atoms with Crippen LogP contribution < -0.4 is 5.32 Å². The van der Waals surface area contributed by atoms with Gasteiger partial charge in [-0.3, -0.25) is 9.78 Å². The van der Waals surface area contributed by atoms with E-state index in [1.807, 2.05) is 57.4 Å². The Labute approximate surface area is 141 Å². The summed E-state index contributed by atoms with van der Waals surface area (Å²) in [6.07, 6.45) is 3.44. The summed E-state index contributed by atoms with van der Waals surface area (Å²) in [6, 6.07) is 11.2. The smallest absolute Gasteiger partial charge is 0.251 e. The number of nitrogens with one attached hydrogen (secondary N) is 1. The molecule has 0 aliphatic heterocycles. The summed E-state index contributed by atoms with van der Waals surface area (Å²) in [4.78, 5) is 18.6. The van der Waals surface area contributed by atoms with Crippen molar-refractivity contribution in [3.63, 3.8) is 0 Å².